The molecule has 0 aliphatic rings. The van der Waals surface area contributed by atoms with Gasteiger partial charge in [-0.3, -0.25) is 9.59 Å². The maximum Gasteiger partial charge on any atom is 0.253 e. The fraction of sp³-hybridized carbons (Fsp3) is 0.333. The molecular formula is C18H20Cl2N2O2S2. The van der Waals surface area contributed by atoms with E-state index in [1.54, 1.807) is 42.1 Å². The van der Waals surface area contributed by atoms with Crippen LogP contribution in [0.3, 0.4) is 0 Å². The van der Waals surface area contributed by atoms with Gasteiger partial charge in [0.05, 0.1) is 21.0 Å². The second kappa shape index (κ2) is 10.2. The minimum absolute atomic E-state index is 0.186. The van der Waals surface area contributed by atoms with E-state index in [2.05, 4.69) is 10.6 Å². The van der Waals surface area contributed by atoms with E-state index in [-0.39, 0.29) is 17.9 Å². The van der Waals surface area contributed by atoms with Gasteiger partial charge in [-0.05, 0) is 49.6 Å². The molecule has 0 aliphatic heterocycles. The molecule has 0 fully saturated rings. The lowest BCUT2D eigenvalue weighted by molar-refractivity contribution is -0.123. The zero-order valence-corrected chi connectivity index (χ0v) is 17.6. The zero-order valence-electron chi connectivity index (χ0n) is 14.4. The maximum absolute atomic E-state index is 12.7. The van der Waals surface area contributed by atoms with Crippen molar-refractivity contribution in [1.82, 2.24) is 10.6 Å². The Hall–Kier alpha value is -1.21. The Balaban J connectivity index is 2.06. The molecule has 8 heteroatoms. The molecule has 1 aromatic heterocycles. The topological polar surface area (TPSA) is 58.2 Å². The molecule has 2 N–H and O–H groups in total. The summed E-state index contributed by atoms with van der Waals surface area (Å²) in [6, 6.07) is 9.64. The molecule has 26 heavy (non-hydrogen) atoms. The fourth-order valence-corrected chi connectivity index (χ4v) is 4.09. The smallest absolute Gasteiger partial charge is 0.253 e. The van der Waals surface area contributed by atoms with Crippen molar-refractivity contribution in [2.45, 2.75) is 25.4 Å². The van der Waals surface area contributed by atoms with Gasteiger partial charge in [-0.15, -0.1) is 11.3 Å². The third kappa shape index (κ3) is 5.91. The number of thiophene rings is 1. The van der Waals surface area contributed by atoms with E-state index in [4.69, 9.17) is 23.2 Å². The third-order valence-corrected chi connectivity index (χ3v) is 6.12. The predicted octanol–water partition coefficient (Wildman–Crippen LogP) is 4.78. The van der Waals surface area contributed by atoms with Crippen molar-refractivity contribution in [1.29, 1.82) is 0 Å². The van der Waals surface area contributed by atoms with Gasteiger partial charge in [0.2, 0.25) is 5.91 Å². The van der Waals surface area contributed by atoms with Crippen LogP contribution in [0.25, 0.3) is 0 Å². The number of amides is 2. The number of hydrogen-bond donors (Lipinski definition) is 2. The van der Waals surface area contributed by atoms with Crippen molar-refractivity contribution >= 4 is 58.1 Å². The highest BCUT2D eigenvalue weighted by atomic mass is 35.5. The number of nitrogens with one attached hydrogen (secondary N) is 2. The fourth-order valence-electron chi connectivity index (χ4n) is 2.33. The minimum atomic E-state index is -0.635. The molecule has 2 unspecified atom stereocenters. The van der Waals surface area contributed by atoms with Crippen LogP contribution >= 0.6 is 46.3 Å². The Morgan fingerprint density at radius 1 is 1.15 bits per heavy atom. The Morgan fingerprint density at radius 3 is 2.50 bits per heavy atom. The van der Waals surface area contributed by atoms with Crippen molar-refractivity contribution in [3.05, 3.63) is 56.2 Å². The molecule has 0 saturated carbocycles. The van der Waals surface area contributed by atoms with Crippen LogP contribution in [0.4, 0.5) is 0 Å². The highest BCUT2D eigenvalue weighted by molar-refractivity contribution is 7.98. The summed E-state index contributed by atoms with van der Waals surface area (Å²) >= 11 is 15.1. The van der Waals surface area contributed by atoms with Crippen molar-refractivity contribution in [3.8, 4) is 0 Å². The summed E-state index contributed by atoms with van der Waals surface area (Å²) in [6.07, 6.45) is 2.49. The lowest BCUT2D eigenvalue weighted by atomic mass is 10.1. The number of benzene rings is 1. The van der Waals surface area contributed by atoms with Crippen LogP contribution in [0.15, 0.2) is 36.4 Å². The lowest BCUT2D eigenvalue weighted by Gasteiger charge is -2.21. The van der Waals surface area contributed by atoms with E-state index in [0.29, 0.717) is 21.3 Å². The van der Waals surface area contributed by atoms with Crippen LogP contribution in [-0.2, 0) is 4.79 Å². The van der Waals surface area contributed by atoms with Crippen molar-refractivity contribution < 1.29 is 9.59 Å². The molecule has 0 radical (unpaired) electrons. The first-order valence-electron chi connectivity index (χ1n) is 8.02. The van der Waals surface area contributed by atoms with Crippen molar-refractivity contribution in [2.24, 2.45) is 0 Å². The van der Waals surface area contributed by atoms with E-state index in [1.165, 1.54) is 11.3 Å². The molecule has 4 nitrogen and oxygen atoms in total. The van der Waals surface area contributed by atoms with Gasteiger partial charge in [-0.2, -0.15) is 11.8 Å². The highest BCUT2D eigenvalue weighted by Crippen LogP contribution is 2.26. The zero-order chi connectivity index (χ0) is 19.1. The summed E-state index contributed by atoms with van der Waals surface area (Å²) in [5, 5.41) is 6.10. The van der Waals surface area contributed by atoms with Crippen LogP contribution in [-0.4, -0.2) is 29.9 Å². The van der Waals surface area contributed by atoms with Crippen LogP contribution in [0.2, 0.25) is 9.36 Å². The van der Waals surface area contributed by atoms with Gasteiger partial charge < -0.3 is 10.6 Å². The molecule has 140 valence electrons. The highest BCUT2D eigenvalue weighted by Gasteiger charge is 2.24. The molecule has 0 spiro atoms. The number of hydrogen-bond acceptors (Lipinski definition) is 4. The number of rotatable bonds is 8. The molecule has 2 aromatic rings. The Labute approximate surface area is 171 Å². The molecule has 0 saturated heterocycles. The van der Waals surface area contributed by atoms with Gasteiger partial charge in [0, 0.05) is 4.88 Å². The molecule has 2 amide bonds. The number of carbonyl (C=O) groups is 2. The number of carbonyl (C=O) groups excluding carboxylic acids is 2. The monoisotopic (exact) mass is 430 g/mol. The predicted molar refractivity (Wildman–Crippen MR) is 112 cm³/mol. The Morgan fingerprint density at radius 2 is 1.88 bits per heavy atom. The van der Waals surface area contributed by atoms with E-state index in [1.807, 2.05) is 19.2 Å². The first kappa shape index (κ1) is 21.1. The minimum Gasteiger partial charge on any atom is -0.347 e. The molecule has 0 bridgehead atoms. The summed E-state index contributed by atoms with van der Waals surface area (Å²) in [6.45, 7) is 1.89. The van der Waals surface area contributed by atoms with Gasteiger partial charge >= 0.3 is 0 Å². The van der Waals surface area contributed by atoms with Gasteiger partial charge in [0.25, 0.3) is 5.91 Å². The van der Waals surface area contributed by atoms with Crippen molar-refractivity contribution in [2.75, 3.05) is 12.0 Å². The quantitative estimate of drug-likeness (QED) is 0.632. The van der Waals surface area contributed by atoms with Crippen LogP contribution in [0.5, 0.6) is 0 Å². The van der Waals surface area contributed by atoms with E-state index < -0.39 is 6.04 Å². The number of thioether (sulfide) groups is 1. The van der Waals surface area contributed by atoms with Gasteiger partial charge in [-0.25, -0.2) is 0 Å². The first-order chi connectivity index (χ1) is 12.4. The average Bonchev–Trinajstić information content (AvgIpc) is 3.05. The normalized spacial score (nSPS) is 13.1. The average molecular weight is 431 g/mol. The Bertz CT molecular complexity index is 767. The molecule has 2 atom stereocenters. The molecule has 0 aliphatic carbocycles. The molecule has 2 rings (SSSR count). The van der Waals surface area contributed by atoms with Crippen LogP contribution < -0.4 is 10.6 Å². The summed E-state index contributed by atoms with van der Waals surface area (Å²) < 4.78 is 0.673. The van der Waals surface area contributed by atoms with Gasteiger partial charge in [0.1, 0.15) is 6.04 Å². The second-order valence-electron chi connectivity index (χ2n) is 5.66. The number of halogens is 2. The summed E-state index contributed by atoms with van der Waals surface area (Å²) in [7, 11) is 0. The summed E-state index contributed by atoms with van der Waals surface area (Å²) in [4.78, 5) is 26.2. The standard InChI is InChI=1S/C18H20Cl2N2O2S2/c1-11(15-7-8-16(20)26-15)21-18(24)14(9-10-25-2)22-17(23)12-5-3-4-6-13(12)19/h3-8,11,14H,9-10H2,1-2H3,(H,21,24)(H,22,23). The molecular weight excluding hydrogens is 411 g/mol. The van der Waals surface area contributed by atoms with E-state index in [9.17, 15) is 9.59 Å². The lowest BCUT2D eigenvalue weighted by Crippen LogP contribution is -2.47. The van der Waals surface area contributed by atoms with Gasteiger partial charge in [-0.1, -0.05) is 35.3 Å². The largest absolute Gasteiger partial charge is 0.347 e. The molecule has 1 aromatic carbocycles. The van der Waals surface area contributed by atoms with E-state index in [0.717, 1.165) is 10.6 Å². The van der Waals surface area contributed by atoms with Crippen LogP contribution in [0, 0.1) is 0 Å². The summed E-state index contributed by atoms with van der Waals surface area (Å²) in [5.74, 6) is 0.167. The van der Waals surface area contributed by atoms with Crippen molar-refractivity contribution in [3.63, 3.8) is 0 Å². The van der Waals surface area contributed by atoms with Gasteiger partial charge in [0.15, 0.2) is 0 Å². The first-order valence-corrected chi connectivity index (χ1v) is 11.0. The van der Waals surface area contributed by atoms with E-state index >= 15 is 0 Å². The maximum atomic E-state index is 12.7. The third-order valence-electron chi connectivity index (χ3n) is 3.73. The summed E-state index contributed by atoms with van der Waals surface area (Å²) in [5.41, 5.74) is 0.356. The second-order valence-corrected chi connectivity index (χ2v) is 8.80. The SMILES string of the molecule is CSCCC(NC(=O)c1ccccc1Cl)C(=O)NC(C)c1ccc(Cl)s1. The molecule has 1 heterocycles. The Kier molecular flexibility index (Phi) is 8.28. The van der Waals surface area contributed by atoms with Crippen LogP contribution in [0.1, 0.15) is 34.6 Å².